The number of amides is 1. The number of benzene rings is 1. The Morgan fingerprint density at radius 3 is 2.50 bits per heavy atom. The van der Waals surface area contributed by atoms with Crippen LogP contribution in [-0.4, -0.2) is 20.9 Å². The van der Waals surface area contributed by atoms with Gasteiger partial charge in [0.25, 0.3) is 0 Å². The van der Waals surface area contributed by atoms with Crippen molar-refractivity contribution >= 4 is 11.9 Å². The molecule has 1 aromatic carbocycles. The summed E-state index contributed by atoms with van der Waals surface area (Å²) < 4.78 is 0. The van der Waals surface area contributed by atoms with Gasteiger partial charge in [-0.2, -0.15) is 0 Å². The molecule has 5 heteroatoms. The largest absolute Gasteiger partial charge is 0.294 e. The Labute approximate surface area is 92.6 Å². The average molecular weight is 214 g/mol. The summed E-state index contributed by atoms with van der Waals surface area (Å²) in [5.74, 6) is 0.133. The maximum atomic E-state index is 11.6. The number of nitrogens with one attached hydrogen (secondary N) is 1. The van der Waals surface area contributed by atoms with Crippen LogP contribution in [0.25, 0.3) is 0 Å². The third kappa shape index (κ3) is 2.84. The summed E-state index contributed by atoms with van der Waals surface area (Å²) in [7, 11) is 0. The minimum Gasteiger partial charge on any atom is -0.294 e. The average Bonchev–Trinajstić information content (AvgIpc) is 2.31. The molecule has 1 N–H and O–H groups in total. The normalized spacial score (nSPS) is 9.75. The topological polar surface area (TPSA) is 67.8 Å². The van der Waals surface area contributed by atoms with E-state index in [0.717, 1.165) is 5.56 Å². The molecule has 0 bridgehead atoms. The molecule has 0 unspecified atom stereocenters. The fourth-order valence-electron chi connectivity index (χ4n) is 1.25. The summed E-state index contributed by atoms with van der Waals surface area (Å²) in [6.07, 6.45) is 2.99. The van der Waals surface area contributed by atoms with Crippen LogP contribution in [0.4, 0.5) is 5.95 Å². The van der Waals surface area contributed by atoms with Gasteiger partial charge in [0, 0.05) is 0 Å². The van der Waals surface area contributed by atoms with Gasteiger partial charge in [0.2, 0.25) is 11.9 Å². The van der Waals surface area contributed by atoms with E-state index in [2.05, 4.69) is 20.3 Å². The lowest BCUT2D eigenvalue weighted by Crippen LogP contribution is -2.16. The van der Waals surface area contributed by atoms with Gasteiger partial charge in [0.15, 0.2) is 0 Å². The molecule has 2 rings (SSSR count). The molecule has 0 spiro atoms. The van der Waals surface area contributed by atoms with E-state index in [-0.39, 0.29) is 11.9 Å². The van der Waals surface area contributed by atoms with Crippen molar-refractivity contribution in [3.05, 3.63) is 48.5 Å². The van der Waals surface area contributed by atoms with Crippen molar-refractivity contribution in [3.63, 3.8) is 0 Å². The minimum absolute atomic E-state index is 0.141. The molecule has 0 saturated carbocycles. The van der Waals surface area contributed by atoms with Crippen LogP contribution >= 0.6 is 0 Å². The standard InChI is InChI=1S/C11H10N4O/c16-10(6-9-4-2-1-3-5-9)15-11-13-7-12-8-14-11/h1-5,7-8H,6H2,(H,12,13,14,15,16). The summed E-state index contributed by atoms with van der Waals surface area (Å²) in [5.41, 5.74) is 0.953. The number of hydrogen-bond acceptors (Lipinski definition) is 4. The highest BCUT2D eigenvalue weighted by Crippen LogP contribution is 2.01. The van der Waals surface area contributed by atoms with Crippen LogP contribution in [0.3, 0.4) is 0 Å². The van der Waals surface area contributed by atoms with Gasteiger partial charge in [-0.3, -0.25) is 10.1 Å². The SMILES string of the molecule is O=C(Cc1ccccc1)Nc1ncncn1. The second kappa shape index (κ2) is 4.97. The second-order valence-electron chi connectivity index (χ2n) is 3.17. The maximum Gasteiger partial charge on any atom is 0.232 e. The predicted octanol–water partition coefficient (Wildman–Crippen LogP) is 1.05. The lowest BCUT2D eigenvalue weighted by atomic mass is 10.1. The molecule has 0 aliphatic rings. The molecule has 0 saturated heterocycles. The Kier molecular flexibility index (Phi) is 3.18. The molecule has 2 aromatic rings. The van der Waals surface area contributed by atoms with Crippen LogP contribution < -0.4 is 5.32 Å². The van der Waals surface area contributed by atoms with Gasteiger partial charge in [-0.25, -0.2) is 15.0 Å². The number of carbonyl (C=O) groups is 1. The van der Waals surface area contributed by atoms with E-state index < -0.39 is 0 Å². The summed E-state index contributed by atoms with van der Waals surface area (Å²) >= 11 is 0. The highest BCUT2D eigenvalue weighted by Gasteiger charge is 2.04. The van der Waals surface area contributed by atoms with Crippen LogP contribution in [0.5, 0.6) is 0 Å². The monoisotopic (exact) mass is 214 g/mol. The Balaban J connectivity index is 1.95. The van der Waals surface area contributed by atoms with E-state index in [1.54, 1.807) is 0 Å². The number of carbonyl (C=O) groups excluding carboxylic acids is 1. The Morgan fingerprint density at radius 2 is 1.81 bits per heavy atom. The Morgan fingerprint density at radius 1 is 1.12 bits per heavy atom. The van der Waals surface area contributed by atoms with Gasteiger partial charge in [-0.05, 0) is 5.56 Å². The zero-order valence-electron chi connectivity index (χ0n) is 8.50. The fraction of sp³-hybridized carbons (Fsp3) is 0.0909. The molecule has 0 aliphatic heterocycles. The molecule has 80 valence electrons. The fourth-order valence-corrected chi connectivity index (χ4v) is 1.25. The first-order valence-corrected chi connectivity index (χ1v) is 4.80. The quantitative estimate of drug-likeness (QED) is 0.829. The molecule has 0 radical (unpaired) electrons. The number of nitrogens with zero attached hydrogens (tertiary/aromatic N) is 3. The summed E-state index contributed by atoms with van der Waals surface area (Å²) in [6.45, 7) is 0. The highest BCUT2D eigenvalue weighted by atomic mass is 16.1. The van der Waals surface area contributed by atoms with Crippen molar-refractivity contribution in [2.75, 3.05) is 5.32 Å². The van der Waals surface area contributed by atoms with Crippen molar-refractivity contribution in [1.29, 1.82) is 0 Å². The first-order valence-electron chi connectivity index (χ1n) is 4.80. The van der Waals surface area contributed by atoms with Crippen molar-refractivity contribution in [2.45, 2.75) is 6.42 Å². The van der Waals surface area contributed by atoms with Crippen molar-refractivity contribution in [1.82, 2.24) is 15.0 Å². The second-order valence-corrected chi connectivity index (χ2v) is 3.17. The molecule has 1 amide bonds. The first kappa shape index (κ1) is 10.2. The zero-order valence-corrected chi connectivity index (χ0v) is 8.50. The van der Waals surface area contributed by atoms with Gasteiger partial charge in [-0.1, -0.05) is 30.3 Å². The smallest absolute Gasteiger partial charge is 0.232 e. The predicted molar refractivity (Wildman–Crippen MR) is 58.6 cm³/mol. The molecule has 16 heavy (non-hydrogen) atoms. The van der Waals surface area contributed by atoms with Crippen LogP contribution in [0.2, 0.25) is 0 Å². The highest BCUT2D eigenvalue weighted by molar-refractivity contribution is 5.90. The first-order chi connectivity index (χ1) is 7.84. The van der Waals surface area contributed by atoms with E-state index in [0.29, 0.717) is 6.42 Å². The number of anilines is 1. The van der Waals surface area contributed by atoms with Crippen LogP contribution in [-0.2, 0) is 11.2 Å². The van der Waals surface area contributed by atoms with Gasteiger partial charge in [-0.15, -0.1) is 0 Å². The molecule has 5 nitrogen and oxygen atoms in total. The summed E-state index contributed by atoms with van der Waals surface area (Å²) in [6, 6.07) is 9.49. The number of aromatic nitrogens is 3. The lowest BCUT2D eigenvalue weighted by Gasteiger charge is -2.02. The minimum atomic E-state index is -0.141. The Hall–Kier alpha value is -2.30. The van der Waals surface area contributed by atoms with E-state index >= 15 is 0 Å². The number of rotatable bonds is 3. The maximum absolute atomic E-state index is 11.6. The van der Waals surface area contributed by atoms with E-state index in [4.69, 9.17) is 0 Å². The number of hydrogen-bond donors (Lipinski definition) is 1. The molecular formula is C11H10N4O. The van der Waals surface area contributed by atoms with Gasteiger partial charge in [0.05, 0.1) is 6.42 Å². The molecule has 0 fully saturated rings. The molecular weight excluding hydrogens is 204 g/mol. The van der Waals surface area contributed by atoms with Crippen LogP contribution in [0, 0.1) is 0 Å². The third-order valence-corrected chi connectivity index (χ3v) is 1.95. The summed E-state index contributed by atoms with van der Waals surface area (Å²) in [5, 5.41) is 2.59. The van der Waals surface area contributed by atoms with Crippen molar-refractivity contribution in [3.8, 4) is 0 Å². The lowest BCUT2D eigenvalue weighted by molar-refractivity contribution is -0.115. The van der Waals surface area contributed by atoms with Gasteiger partial charge < -0.3 is 0 Å². The van der Waals surface area contributed by atoms with Crippen molar-refractivity contribution < 1.29 is 4.79 Å². The third-order valence-electron chi connectivity index (χ3n) is 1.95. The van der Waals surface area contributed by atoms with Crippen LogP contribution in [0.15, 0.2) is 43.0 Å². The van der Waals surface area contributed by atoms with E-state index in [1.165, 1.54) is 12.7 Å². The Bertz CT molecular complexity index is 414. The zero-order chi connectivity index (χ0) is 11.2. The van der Waals surface area contributed by atoms with Gasteiger partial charge >= 0.3 is 0 Å². The van der Waals surface area contributed by atoms with E-state index in [9.17, 15) is 4.79 Å². The molecule has 0 aliphatic carbocycles. The molecule has 0 atom stereocenters. The summed E-state index contributed by atoms with van der Waals surface area (Å²) in [4.78, 5) is 22.8. The van der Waals surface area contributed by atoms with E-state index in [1.807, 2.05) is 30.3 Å². The van der Waals surface area contributed by atoms with Crippen LogP contribution in [0.1, 0.15) is 5.56 Å². The van der Waals surface area contributed by atoms with Crippen molar-refractivity contribution in [2.24, 2.45) is 0 Å². The van der Waals surface area contributed by atoms with Gasteiger partial charge in [0.1, 0.15) is 12.7 Å². The molecule has 1 aromatic heterocycles. The molecule has 1 heterocycles.